The topological polar surface area (TPSA) is 103 Å². The number of aryl methyl sites for hydroxylation is 2. The highest BCUT2D eigenvalue weighted by atomic mass is 32.1. The van der Waals surface area contributed by atoms with E-state index in [-0.39, 0.29) is 23.0 Å². The van der Waals surface area contributed by atoms with Crippen LogP contribution in [0.4, 0.5) is 5.00 Å². The Balaban J connectivity index is 1.85. The number of nitrogens with zero attached hydrogens (tertiary/aromatic N) is 3. The summed E-state index contributed by atoms with van der Waals surface area (Å²) in [6.07, 6.45) is 0. The first-order valence-electron chi connectivity index (χ1n) is 11.2. The van der Waals surface area contributed by atoms with Gasteiger partial charge in [0.1, 0.15) is 5.00 Å². The molecule has 180 valence electrons. The molecule has 3 heterocycles. The number of ether oxygens (including phenoxy) is 1. The number of aromatic nitrogens is 3. The first kappa shape index (κ1) is 24.3. The molecular weight excluding hydrogens is 464 g/mol. The molecule has 1 N–H and O–H groups in total. The Morgan fingerprint density at radius 3 is 2.49 bits per heavy atom. The predicted octanol–water partition coefficient (Wildman–Crippen LogP) is 5.25. The maximum atomic E-state index is 13.6. The third-order valence-electron chi connectivity index (χ3n) is 5.90. The fraction of sp³-hybridized carbons (Fsp3) is 0.269. The minimum Gasteiger partial charge on any atom is -0.462 e. The Hall–Kier alpha value is -3.85. The van der Waals surface area contributed by atoms with Crippen molar-refractivity contribution in [2.75, 3.05) is 11.9 Å². The zero-order valence-corrected chi connectivity index (χ0v) is 21.3. The number of carbonyl (C=O) groups excluding carboxylic acids is 3. The maximum Gasteiger partial charge on any atom is 0.341 e. The van der Waals surface area contributed by atoms with E-state index in [1.165, 1.54) is 6.92 Å². The van der Waals surface area contributed by atoms with Crippen LogP contribution in [0.3, 0.4) is 0 Å². The molecule has 0 aliphatic carbocycles. The number of esters is 1. The molecule has 35 heavy (non-hydrogen) atoms. The summed E-state index contributed by atoms with van der Waals surface area (Å²) in [7, 11) is 1.86. The van der Waals surface area contributed by atoms with Crippen LogP contribution in [0.2, 0.25) is 0 Å². The van der Waals surface area contributed by atoms with Crippen LogP contribution in [0.1, 0.15) is 61.2 Å². The van der Waals surface area contributed by atoms with E-state index >= 15 is 0 Å². The van der Waals surface area contributed by atoms with Gasteiger partial charge in [0.2, 0.25) is 0 Å². The van der Waals surface area contributed by atoms with Crippen LogP contribution in [0.15, 0.2) is 30.3 Å². The van der Waals surface area contributed by atoms with Gasteiger partial charge in [0.05, 0.1) is 39.5 Å². The van der Waals surface area contributed by atoms with Crippen LogP contribution in [-0.2, 0) is 11.8 Å². The molecule has 0 radical (unpaired) electrons. The third kappa shape index (κ3) is 4.35. The largest absolute Gasteiger partial charge is 0.462 e. The highest BCUT2D eigenvalue weighted by molar-refractivity contribution is 7.18. The summed E-state index contributed by atoms with van der Waals surface area (Å²) in [5.41, 5.74) is 5.00. The fourth-order valence-corrected chi connectivity index (χ4v) is 5.28. The normalized spacial score (nSPS) is 11.0. The monoisotopic (exact) mass is 490 g/mol. The average molecular weight is 491 g/mol. The maximum absolute atomic E-state index is 13.6. The van der Waals surface area contributed by atoms with Gasteiger partial charge in [-0.1, -0.05) is 18.2 Å². The summed E-state index contributed by atoms with van der Waals surface area (Å²) in [4.78, 5) is 43.6. The number of thiophene rings is 1. The lowest BCUT2D eigenvalue weighted by molar-refractivity contribution is 0.0527. The van der Waals surface area contributed by atoms with E-state index in [1.54, 1.807) is 24.6 Å². The number of para-hydroxylation sites is 1. The van der Waals surface area contributed by atoms with Crippen molar-refractivity contribution in [3.63, 3.8) is 0 Å². The second-order valence-electron chi connectivity index (χ2n) is 8.23. The number of ketones is 1. The van der Waals surface area contributed by atoms with Crippen LogP contribution in [0.25, 0.3) is 22.2 Å². The summed E-state index contributed by atoms with van der Waals surface area (Å²) in [5, 5.41) is 8.30. The molecule has 0 saturated heterocycles. The number of rotatable bonds is 6. The molecule has 0 spiro atoms. The van der Waals surface area contributed by atoms with Crippen molar-refractivity contribution in [3.05, 3.63) is 63.3 Å². The van der Waals surface area contributed by atoms with E-state index in [0.29, 0.717) is 32.6 Å². The molecule has 1 aromatic carbocycles. The first-order valence-corrected chi connectivity index (χ1v) is 12.0. The van der Waals surface area contributed by atoms with Gasteiger partial charge in [-0.25, -0.2) is 9.78 Å². The van der Waals surface area contributed by atoms with Crippen molar-refractivity contribution in [1.29, 1.82) is 0 Å². The number of hydrogen-bond donors (Lipinski definition) is 1. The smallest absolute Gasteiger partial charge is 0.341 e. The van der Waals surface area contributed by atoms with Gasteiger partial charge in [-0.3, -0.25) is 14.3 Å². The molecule has 0 fully saturated rings. The fourth-order valence-electron chi connectivity index (χ4n) is 4.19. The van der Waals surface area contributed by atoms with Gasteiger partial charge in [0, 0.05) is 23.7 Å². The lowest BCUT2D eigenvalue weighted by Gasteiger charge is -2.11. The molecule has 0 atom stereocenters. The highest BCUT2D eigenvalue weighted by Gasteiger charge is 2.26. The summed E-state index contributed by atoms with van der Waals surface area (Å²) in [6.45, 7) is 8.86. The molecule has 0 unspecified atom stereocenters. The van der Waals surface area contributed by atoms with Gasteiger partial charge >= 0.3 is 5.97 Å². The van der Waals surface area contributed by atoms with Crippen molar-refractivity contribution in [2.24, 2.45) is 7.05 Å². The Labute approximate surface area is 206 Å². The van der Waals surface area contributed by atoms with E-state index in [1.807, 2.05) is 45.2 Å². The summed E-state index contributed by atoms with van der Waals surface area (Å²) >= 11 is 1.07. The Bertz CT molecular complexity index is 1500. The Morgan fingerprint density at radius 2 is 1.86 bits per heavy atom. The molecule has 4 aromatic rings. The zero-order valence-electron chi connectivity index (χ0n) is 20.5. The van der Waals surface area contributed by atoms with E-state index < -0.39 is 11.9 Å². The third-order valence-corrected chi connectivity index (χ3v) is 7.21. The van der Waals surface area contributed by atoms with E-state index in [0.717, 1.165) is 28.3 Å². The SMILES string of the molecule is CCOC(=O)c1c(NC(=O)c2cc(-c3c(C)nn(C)c3C)nc3ccccc23)sc(C(C)=O)c1C. The van der Waals surface area contributed by atoms with Crippen LogP contribution in [0.5, 0.6) is 0 Å². The van der Waals surface area contributed by atoms with Crippen LogP contribution in [0, 0.1) is 20.8 Å². The van der Waals surface area contributed by atoms with Gasteiger partial charge < -0.3 is 10.1 Å². The molecule has 3 aromatic heterocycles. The molecule has 0 saturated carbocycles. The quantitative estimate of drug-likeness (QED) is 0.292. The predicted molar refractivity (Wildman–Crippen MR) is 136 cm³/mol. The standard InChI is InChI=1S/C26H26N4O4S/c1-7-34-26(33)21-13(2)23(16(5)31)35-25(21)28-24(32)18-12-20(22-14(3)29-30(6)15(22)4)27-19-11-9-8-10-17(18)19/h8-12H,7H2,1-6H3,(H,28,32). The van der Waals surface area contributed by atoms with Gasteiger partial charge in [0.25, 0.3) is 5.91 Å². The lowest BCUT2D eigenvalue weighted by Crippen LogP contribution is -2.15. The van der Waals surface area contributed by atoms with Crippen molar-refractivity contribution in [2.45, 2.75) is 34.6 Å². The van der Waals surface area contributed by atoms with Gasteiger partial charge in [-0.15, -0.1) is 11.3 Å². The number of anilines is 1. The second-order valence-corrected chi connectivity index (χ2v) is 9.25. The van der Waals surface area contributed by atoms with E-state index in [2.05, 4.69) is 10.4 Å². The summed E-state index contributed by atoms with van der Waals surface area (Å²) in [6, 6.07) is 9.13. The van der Waals surface area contributed by atoms with Gasteiger partial charge in [0.15, 0.2) is 5.78 Å². The molecule has 8 nitrogen and oxygen atoms in total. The highest BCUT2D eigenvalue weighted by Crippen LogP contribution is 2.35. The molecule has 0 aliphatic heterocycles. The Kier molecular flexibility index (Phi) is 6.53. The average Bonchev–Trinajstić information content (AvgIpc) is 3.27. The molecule has 0 bridgehead atoms. The van der Waals surface area contributed by atoms with Crippen molar-refractivity contribution >= 4 is 44.9 Å². The van der Waals surface area contributed by atoms with Crippen LogP contribution in [-0.4, -0.2) is 39.0 Å². The molecule has 9 heteroatoms. The number of hydrogen-bond acceptors (Lipinski definition) is 7. The van der Waals surface area contributed by atoms with Crippen molar-refractivity contribution < 1.29 is 19.1 Å². The van der Waals surface area contributed by atoms with E-state index in [4.69, 9.17) is 9.72 Å². The lowest BCUT2D eigenvalue weighted by atomic mass is 10.0. The molecule has 0 aliphatic rings. The number of benzene rings is 1. The van der Waals surface area contributed by atoms with Crippen molar-refractivity contribution in [1.82, 2.24) is 14.8 Å². The molecule has 4 rings (SSSR count). The summed E-state index contributed by atoms with van der Waals surface area (Å²) in [5.74, 6) is -1.17. The Morgan fingerprint density at radius 1 is 1.14 bits per heavy atom. The minimum atomic E-state index is -0.578. The number of carbonyl (C=O) groups is 3. The molecular formula is C26H26N4O4S. The number of fused-ring (bicyclic) bond motifs is 1. The van der Waals surface area contributed by atoms with E-state index in [9.17, 15) is 14.4 Å². The molecule has 1 amide bonds. The zero-order chi connectivity index (χ0) is 25.4. The number of Topliss-reactive ketones (excluding diaryl/α,β-unsaturated/α-hetero) is 1. The number of pyridine rings is 1. The van der Waals surface area contributed by atoms with Gasteiger partial charge in [-0.2, -0.15) is 5.10 Å². The van der Waals surface area contributed by atoms with Crippen LogP contribution < -0.4 is 5.32 Å². The summed E-state index contributed by atoms with van der Waals surface area (Å²) < 4.78 is 6.97. The first-order chi connectivity index (χ1) is 16.6. The number of nitrogens with one attached hydrogen (secondary N) is 1. The number of amides is 1. The van der Waals surface area contributed by atoms with Crippen LogP contribution >= 0.6 is 11.3 Å². The second kappa shape index (κ2) is 9.42. The van der Waals surface area contributed by atoms with Gasteiger partial charge in [-0.05, 0) is 52.3 Å². The minimum absolute atomic E-state index is 0.180. The van der Waals surface area contributed by atoms with Crippen molar-refractivity contribution in [3.8, 4) is 11.3 Å².